The Morgan fingerprint density at radius 3 is 2.79 bits per heavy atom. The molecule has 2 heterocycles. The number of thiazole rings is 2. The monoisotopic (exact) mass is 415 g/mol. The fourth-order valence-corrected chi connectivity index (χ4v) is 4.02. The number of methoxy groups -OCH3 is 1. The first-order valence-corrected chi connectivity index (χ1v) is 9.89. The van der Waals surface area contributed by atoms with Gasteiger partial charge in [0.05, 0.1) is 11.8 Å². The average Bonchev–Trinajstić information content (AvgIpc) is 3.33. The molecule has 0 aliphatic rings. The van der Waals surface area contributed by atoms with E-state index in [9.17, 15) is 9.18 Å². The van der Waals surface area contributed by atoms with Gasteiger partial charge in [0.15, 0.2) is 5.13 Å². The first-order valence-electron chi connectivity index (χ1n) is 8.20. The molecule has 0 atom stereocenters. The van der Waals surface area contributed by atoms with Crippen molar-refractivity contribution in [3.05, 3.63) is 64.4 Å². The highest BCUT2D eigenvalue weighted by Crippen LogP contribution is 2.32. The SMILES string of the molecule is COc1cccc2sc(NC(=O)c3csc(COc4ccc(F)cc4)n3)nc12. The van der Waals surface area contributed by atoms with Crippen LogP contribution in [0.3, 0.4) is 0 Å². The highest BCUT2D eigenvalue weighted by molar-refractivity contribution is 7.22. The lowest BCUT2D eigenvalue weighted by Gasteiger charge is -2.03. The number of fused-ring (bicyclic) bond motifs is 1. The van der Waals surface area contributed by atoms with Crippen molar-refractivity contribution in [2.45, 2.75) is 6.61 Å². The molecule has 0 fully saturated rings. The number of rotatable bonds is 6. The minimum absolute atomic E-state index is 0.196. The predicted octanol–water partition coefficient (Wildman–Crippen LogP) is 4.73. The van der Waals surface area contributed by atoms with Crippen LogP contribution in [0.25, 0.3) is 10.2 Å². The van der Waals surface area contributed by atoms with Crippen LogP contribution < -0.4 is 14.8 Å². The second kappa shape index (κ2) is 7.91. The number of nitrogens with one attached hydrogen (secondary N) is 1. The van der Waals surface area contributed by atoms with Crippen molar-refractivity contribution in [1.82, 2.24) is 9.97 Å². The van der Waals surface area contributed by atoms with Crippen LogP contribution in [0.5, 0.6) is 11.5 Å². The summed E-state index contributed by atoms with van der Waals surface area (Å²) >= 11 is 2.68. The second-order valence-electron chi connectivity index (χ2n) is 5.65. The lowest BCUT2D eigenvalue weighted by Crippen LogP contribution is -2.12. The number of benzene rings is 2. The molecule has 0 saturated carbocycles. The highest BCUT2D eigenvalue weighted by atomic mass is 32.1. The summed E-state index contributed by atoms with van der Waals surface area (Å²) < 4.78 is 24.7. The van der Waals surface area contributed by atoms with Gasteiger partial charge in [-0.3, -0.25) is 10.1 Å². The quantitative estimate of drug-likeness (QED) is 0.493. The number of halogens is 1. The van der Waals surface area contributed by atoms with E-state index in [2.05, 4.69) is 15.3 Å². The van der Waals surface area contributed by atoms with Gasteiger partial charge in [-0.2, -0.15) is 0 Å². The number of ether oxygens (including phenoxy) is 2. The van der Waals surface area contributed by atoms with Crippen LogP contribution in [0.15, 0.2) is 47.8 Å². The van der Waals surface area contributed by atoms with Crippen molar-refractivity contribution in [3.8, 4) is 11.5 Å². The molecule has 0 saturated heterocycles. The summed E-state index contributed by atoms with van der Waals surface area (Å²) in [5.41, 5.74) is 0.992. The number of aromatic nitrogens is 2. The summed E-state index contributed by atoms with van der Waals surface area (Å²) in [4.78, 5) is 21.2. The normalized spacial score (nSPS) is 10.8. The summed E-state index contributed by atoms with van der Waals surface area (Å²) in [5.74, 6) is 0.518. The molecule has 2 aromatic heterocycles. The molecule has 142 valence electrons. The third-order valence-corrected chi connectivity index (χ3v) is 5.54. The number of hydrogen-bond acceptors (Lipinski definition) is 7. The number of anilines is 1. The molecule has 28 heavy (non-hydrogen) atoms. The lowest BCUT2D eigenvalue weighted by atomic mass is 10.3. The van der Waals surface area contributed by atoms with Gasteiger partial charge in [0.25, 0.3) is 5.91 Å². The molecular formula is C19H14FN3O3S2. The highest BCUT2D eigenvalue weighted by Gasteiger charge is 2.15. The van der Waals surface area contributed by atoms with Gasteiger partial charge in [-0.25, -0.2) is 14.4 Å². The van der Waals surface area contributed by atoms with Crippen LogP contribution in [0.4, 0.5) is 9.52 Å². The van der Waals surface area contributed by atoms with Gasteiger partial charge < -0.3 is 9.47 Å². The molecule has 0 radical (unpaired) electrons. The van der Waals surface area contributed by atoms with E-state index in [0.717, 1.165) is 4.70 Å². The van der Waals surface area contributed by atoms with E-state index >= 15 is 0 Å². The van der Waals surface area contributed by atoms with Crippen molar-refractivity contribution >= 4 is 43.9 Å². The van der Waals surface area contributed by atoms with Crippen LogP contribution in [-0.4, -0.2) is 23.0 Å². The Morgan fingerprint density at radius 1 is 1.18 bits per heavy atom. The van der Waals surface area contributed by atoms with Crippen LogP contribution >= 0.6 is 22.7 Å². The van der Waals surface area contributed by atoms with E-state index in [-0.39, 0.29) is 24.0 Å². The van der Waals surface area contributed by atoms with E-state index in [4.69, 9.17) is 9.47 Å². The Labute approximate surface area is 167 Å². The zero-order chi connectivity index (χ0) is 19.5. The van der Waals surface area contributed by atoms with Crippen molar-refractivity contribution in [1.29, 1.82) is 0 Å². The summed E-state index contributed by atoms with van der Waals surface area (Å²) in [6.45, 7) is 0.196. The number of hydrogen-bond donors (Lipinski definition) is 1. The van der Waals surface area contributed by atoms with E-state index in [1.54, 1.807) is 12.5 Å². The Balaban J connectivity index is 1.42. The first kappa shape index (κ1) is 18.3. The Hall–Kier alpha value is -3.04. The van der Waals surface area contributed by atoms with E-state index < -0.39 is 0 Å². The number of carbonyl (C=O) groups is 1. The topological polar surface area (TPSA) is 73.3 Å². The smallest absolute Gasteiger partial charge is 0.276 e. The molecule has 4 rings (SSSR count). The molecule has 0 aliphatic heterocycles. The number of para-hydroxylation sites is 1. The third-order valence-electron chi connectivity index (χ3n) is 3.78. The molecule has 1 amide bonds. The Bertz CT molecular complexity index is 1130. The van der Waals surface area contributed by atoms with Gasteiger partial charge in [-0.05, 0) is 36.4 Å². The fourth-order valence-electron chi connectivity index (χ4n) is 2.46. The standard InChI is InChI=1S/C19H14FN3O3S2/c1-25-14-3-2-4-15-17(14)22-19(28-15)23-18(24)13-10-27-16(21-13)9-26-12-7-5-11(20)6-8-12/h2-8,10H,9H2,1H3,(H,22,23,24). The minimum Gasteiger partial charge on any atom is -0.494 e. The van der Waals surface area contributed by atoms with E-state index in [0.29, 0.717) is 27.2 Å². The largest absolute Gasteiger partial charge is 0.494 e. The molecule has 2 aromatic carbocycles. The van der Waals surface area contributed by atoms with Gasteiger partial charge in [-0.15, -0.1) is 11.3 Å². The summed E-state index contributed by atoms with van der Waals surface area (Å²) in [6.07, 6.45) is 0. The second-order valence-corrected chi connectivity index (χ2v) is 7.62. The maximum Gasteiger partial charge on any atom is 0.276 e. The van der Waals surface area contributed by atoms with Crippen molar-refractivity contribution < 1.29 is 18.7 Å². The van der Waals surface area contributed by atoms with Crippen LogP contribution in [0.1, 0.15) is 15.5 Å². The molecule has 0 aliphatic carbocycles. The van der Waals surface area contributed by atoms with Gasteiger partial charge in [0.2, 0.25) is 0 Å². The maximum atomic E-state index is 12.9. The van der Waals surface area contributed by atoms with E-state index in [1.165, 1.54) is 46.9 Å². The molecule has 1 N–H and O–H groups in total. The van der Waals surface area contributed by atoms with Crippen LogP contribution in [0, 0.1) is 5.82 Å². The molecule has 9 heteroatoms. The van der Waals surface area contributed by atoms with Crippen molar-refractivity contribution in [3.63, 3.8) is 0 Å². The fraction of sp³-hybridized carbons (Fsp3) is 0.105. The van der Waals surface area contributed by atoms with Gasteiger partial charge in [-0.1, -0.05) is 17.4 Å². The maximum absolute atomic E-state index is 12.9. The molecule has 0 spiro atoms. The molecule has 0 unspecified atom stereocenters. The number of amides is 1. The molecule has 4 aromatic rings. The zero-order valence-electron chi connectivity index (χ0n) is 14.6. The molecule has 0 bridgehead atoms. The lowest BCUT2D eigenvalue weighted by molar-refractivity contribution is 0.102. The van der Waals surface area contributed by atoms with Crippen molar-refractivity contribution in [2.75, 3.05) is 12.4 Å². The van der Waals surface area contributed by atoms with Gasteiger partial charge >= 0.3 is 0 Å². The average molecular weight is 415 g/mol. The predicted molar refractivity (Wildman–Crippen MR) is 107 cm³/mol. The summed E-state index contributed by atoms with van der Waals surface area (Å²) in [5, 5.41) is 5.54. The summed E-state index contributed by atoms with van der Waals surface area (Å²) in [6, 6.07) is 11.3. The van der Waals surface area contributed by atoms with E-state index in [1.807, 2.05) is 18.2 Å². The zero-order valence-corrected chi connectivity index (χ0v) is 16.3. The summed E-state index contributed by atoms with van der Waals surface area (Å²) in [7, 11) is 1.58. The first-order chi connectivity index (χ1) is 13.6. The Morgan fingerprint density at radius 2 is 2.00 bits per heavy atom. The number of carbonyl (C=O) groups excluding carboxylic acids is 1. The van der Waals surface area contributed by atoms with Crippen molar-refractivity contribution in [2.24, 2.45) is 0 Å². The van der Waals surface area contributed by atoms with Crippen LogP contribution in [0.2, 0.25) is 0 Å². The van der Waals surface area contributed by atoms with Gasteiger partial charge in [0, 0.05) is 5.38 Å². The molecule has 6 nitrogen and oxygen atoms in total. The number of nitrogens with zero attached hydrogens (tertiary/aromatic N) is 2. The van der Waals surface area contributed by atoms with Gasteiger partial charge in [0.1, 0.15) is 40.1 Å². The Kier molecular flexibility index (Phi) is 5.18. The minimum atomic E-state index is -0.345. The van der Waals surface area contributed by atoms with Crippen LogP contribution in [-0.2, 0) is 6.61 Å². The third kappa shape index (κ3) is 3.95. The molecular weight excluding hydrogens is 401 g/mol.